The molecule has 4 aromatic rings. The molecule has 2 atom stereocenters. The predicted octanol–water partition coefficient (Wildman–Crippen LogP) is 3.80. The highest BCUT2D eigenvalue weighted by atomic mass is 19.3. The van der Waals surface area contributed by atoms with Gasteiger partial charge < -0.3 is 19.4 Å². The molecule has 1 fully saturated rings. The van der Waals surface area contributed by atoms with Crippen LogP contribution in [0.1, 0.15) is 12.2 Å². The fourth-order valence-corrected chi connectivity index (χ4v) is 4.93. The molecule has 1 saturated heterocycles. The van der Waals surface area contributed by atoms with Crippen molar-refractivity contribution in [2.75, 3.05) is 45.8 Å². The van der Waals surface area contributed by atoms with Gasteiger partial charge in [-0.3, -0.25) is 4.90 Å². The van der Waals surface area contributed by atoms with Gasteiger partial charge >= 0.3 is 0 Å². The Labute approximate surface area is 212 Å². The summed E-state index contributed by atoms with van der Waals surface area (Å²) in [5.74, 6) is 1.12. The fourth-order valence-electron chi connectivity index (χ4n) is 4.93. The zero-order chi connectivity index (χ0) is 26.1. The van der Waals surface area contributed by atoms with Crippen molar-refractivity contribution in [3.63, 3.8) is 0 Å². The van der Waals surface area contributed by atoms with E-state index in [1.54, 1.807) is 24.7 Å². The van der Waals surface area contributed by atoms with Gasteiger partial charge in [0, 0.05) is 38.5 Å². The van der Waals surface area contributed by atoms with Crippen LogP contribution < -0.4 is 10.1 Å². The third-order valence-corrected chi connectivity index (χ3v) is 6.79. The number of hydrogen-bond donors (Lipinski definition) is 1. The summed E-state index contributed by atoms with van der Waals surface area (Å²) >= 11 is 0. The highest BCUT2D eigenvalue weighted by Gasteiger charge is 2.30. The van der Waals surface area contributed by atoms with E-state index in [1.807, 2.05) is 29.2 Å². The highest BCUT2D eigenvalue weighted by Crippen LogP contribution is 2.33. The lowest BCUT2D eigenvalue weighted by atomic mass is 10.0. The molecule has 0 saturated carbocycles. The first-order chi connectivity index (χ1) is 17.9. The number of methoxy groups -OCH3 is 2. The van der Waals surface area contributed by atoms with Gasteiger partial charge in [0.15, 0.2) is 0 Å². The molecular weight excluding hydrogens is 487 g/mol. The Morgan fingerprint density at radius 3 is 2.76 bits per heavy atom. The van der Waals surface area contributed by atoms with Crippen LogP contribution in [-0.4, -0.2) is 88.1 Å². The van der Waals surface area contributed by atoms with Crippen LogP contribution >= 0.6 is 0 Å². The molecule has 9 nitrogen and oxygen atoms in total. The zero-order valence-corrected chi connectivity index (χ0v) is 21.0. The molecule has 0 bridgehead atoms. The number of likely N-dealkylation sites (tertiary alicyclic amines) is 1. The van der Waals surface area contributed by atoms with Crippen LogP contribution in [0.2, 0.25) is 0 Å². The molecule has 4 heterocycles. The van der Waals surface area contributed by atoms with E-state index in [2.05, 4.69) is 20.4 Å². The Morgan fingerprint density at radius 2 is 2.03 bits per heavy atom. The first-order valence-corrected chi connectivity index (χ1v) is 12.2. The standard InChI is InChI=1S/C25H30F3N7O2/c1-15-29-20-5-4-16(12-21(20)34(15)14-22(27)28)17-6-9-35-23(17)24(37-3)31-25(32-35)30-19-7-8-33(10-11-36-2)13-18(19)26/h4-6,9,12,18-19,22H,7-8,10-11,13-14H2,1-3H3,(H,30,32)/t18-,19-/m1/s1. The van der Waals surface area contributed by atoms with Crippen LogP contribution in [0.5, 0.6) is 5.88 Å². The summed E-state index contributed by atoms with van der Waals surface area (Å²) in [6.07, 6.45) is -1.19. The lowest BCUT2D eigenvalue weighted by Gasteiger charge is -2.34. The molecular formula is C25H30F3N7O2. The summed E-state index contributed by atoms with van der Waals surface area (Å²) in [6, 6.07) is 6.98. The van der Waals surface area contributed by atoms with Crippen molar-refractivity contribution in [2.24, 2.45) is 0 Å². The van der Waals surface area contributed by atoms with Gasteiger partial charge in [-0.2, -0.15) is 4.98 Å². The summed E-state index contributed by atoms with van der Waals surface area (Å²) < 4.78 is 55.0. The van der Waals surface area contributed by atoms with Gasteiger partial charge in [0.05, 0.1) is 37.3 Å². The van der Waals surface area contributed by atoms with Crippen LogP contribution in [0.15, 0.2) is 30.5 Å². The number of nitrogens with one attached hydrogen (secondary N) is 1. The topological polar surface area (TPSA) is 81.7 Å². The van der Waals surface area contributed by atoms with Crippen molar-refractivity contribution in [2.45, 2.75) is 38.5 Å². The van der Waals surface area contributed by atoms with Gasteiger partial charge in [0.2, 0.25) is 11.8 Å². The van der Waals surface area contributed by atoms with E-state index in [1.165, 1.54) is 11.7 Å². The SMILES string of the molecule is COCCN1CC[C@@H](Nc2nc(OC)c3c(-c4ccc5nc(C)n(CC(F)F)c5c4)ccn3n2)[C@H](F)C1. The van der Waals surface area contributed by atoms with Crippen LogP contribution in [-0.2, 0) is 11.3 Å². The molecule has 0 radical (unpaired) electrons. The summed E-state index contributed by atoms with van der Waals surface area (Å²) in [7, 11) is 3.15. The molecule has 5 rings (SSSR count). The van der Waals surface area contributed by atoms with E-state index in [-0.39, 0.29) is 5.95 Å². The number of imidazole rings is 1. The smallest absolute Gasteiger partial charge is 0.256 e. The third kappa shape index (κ3) is 5.08. The number of nitrogens with zero attached hydrogens (tertiary/aromatic N) is 6. The van der Waals surface area contributed by atoms with Crippen molar-refractivity contribution < 1.29 is 22.6 Å². The molecule has 37 heavy (non-hydrogen) atoms. The second-order valence-electron chi connectivity index (χ2n) is 9.18. The van der Waals surface area contributed by atoms with E-state index in [4.69, 9.17) is 9.47 Å². The molecule has 1 aliphatic rings. The minimum Gasteiger partial charge on any atom is -0.479 e. The number of aryl methyl sites for hydroxylation is 1. The second kappa shape index (κ2) is 10.5. The van der Waals surface area contributed by atoms with E-state index in [9.17, 15) is 13.2 Å². The quantitative estimate of drug-likeness (QED) is 0.362. The molecule has 0 aliphatic carbocycles. The van der Waals surface area contributed by atoms with Crippen molar-refractivity contribution >= 4 is 22.5 Å². The lowest BCUT2D eigenvalue weighted by Crippen LogP contribution is -2.48. The summed E-state index contributed by atoms with van der Waals surface area (Å²) in [5, 5.41) is 7.69. The largest absolute Gasteiger partial charge is 0.479 e. The van der Waals surface area contributed by atoms with Crippen molar-refractivity contribution in [1.29, 1.82) is 0 Å². The Balaban J connectivity index is 1.44. The molecule has 12 heteroatoms. The van der Waals surface area contributed by atoms with E-state index in [0.29, 0.717) is 54.4 Å². The molecule has 1 aromatic carbocycles. The molecule has 3 aromatic heterocycles. The number of ether oxygens (including phenoxy) is 2. The number of rotatable bonds is 9. The Morgan fingerprint density at radius 1 is 1.19 bits per heavy atom. The average Bonchev–Trinajstić information content (AvgIpc) is 3.44. The minimum atomic E-state index is -2.49. The molecule has 198 valence electrons. The first-order valence-electron chi connectivity index (χ1n) is 12.2. The maximum Gasteiger partial charge on any atom is 0.256 e. The molecule has 0 amide bonds. The monoisotopic (exact) mass is 517 g/mol. The number of alkyl halides is 3. The fraction of sp³-hybridized carbons (Fsp3) is 0.480. The van der Waals surface area contributed by atoms with Gasteiger partial charge in [-0.25, -0.2) is 22.7 Å². The highest BCUT2D eigenvalue weighted by molar-refractivity contribution is 5.89. The average molecular weight is 518 g/mol. The number of aromatic nitrogens is 5. The Hall–Kier alpha value is -3.38. The normalized spacial score (nSPS) is 18.8. The number of anilines is 1. The van der Waals surface area contributed by atoms with Crippen molar-refractivity contribution in [3.05, 3.63) is 36.3 Å². The first kappa shape index (κ1) is 25.3. The predicted molar refractivity (Wildman–Crippen MR) is 134 cm³/mol. The molecule has 0 spiro atoms. The van der Waals surface area contributed by atoms with E-state index < -0.39 is 25.2 Å². The number of piperidine rings is 1. The lowest BCUT2D eigenvalue weighted by molar-refractivity contribution is 0.0918. The van der Waals surface area contributed by atoms with Gasteiger partial charge in [0.1, 0.15) is 17.5 Å². The number of halogens is 3. The van der Waals surface area contributed by atoms with Gasteiger partial charge in [0.25, 0.3) is 6.43 Å². The van der Waals surface area contributed by atoms with Crippen molar-refractivity contribution in [3.8, 4) is 17.0 Å². The molecule has 0 unspecified atom stereocenters. The Bertz CT molecular complexity index is 1390. The van der Waals surface area contributed by atoms with E-state index in [0.717, 1.165) is 17.7 Å². The maximum atomic E-state index is 14.9. The van der Waals surface area contributed by atoms with Gasteiger partial charge in [-0.1, -0.05) is 6.07 Å². The summed E-state index contributed by atoms with van der Waals surface area (Å²) in [6.45, 7) is 3.62. The molecule has 1 aliphatic heterocycles. The van der Waals surface area contributed by atoms with Gasteiger partial charge in [-0.05, 0) is 37.1 Å². The second-order valence-corrected chi connectivity index (χ2v) is 9.18. The number of hydrogen-bond acceptors (Lipinski definition) is 7. The zero-order valence-electron chi connectivity index (χ0n) is 21.0. The Kier molecular flexibility index (Phi) is 7.20. The van der Waals surface area contributed by atoms with Crippen molar-refractivity contribution in [1.82, 2.24) is 29.0 Å². The maximum absolute atomic E-state index is 14.9. The summed E-state index contributed by atoms with van der Waals surface area (Å²) in [4.78, 5) is 11.0. The number of fused-ring (bicyclic) bond motifs is 2. The van der Waals surface area contributed by atoms with Crippen LogP contribution in [0.4, 0.5) is 19.1 Å². The van der Waals surface area contributed by atoms with Crippen LogP contribution in [0.25, 0.3) is 27.7 Å². The van der Waals surface area contributed by atoms with Crippen LogP contribution in [0, 0.1) is 6.92 Å². The van der Waals surface area contributed by atoms with E-state index >= 15 is 0 Å². The van der Waals surface area contributed by atoms with Crippen LogP contribution in [0.3, 0.4) is 0 Å². The van der Waals surface area contributed by atoms with Gasteiger partial charge in [-0.15, -0.1) is 5.10 Å². The molecule has 1 N–H and O–H groups in total. The minimum absolute atomic E-state index is 0.269. The third-order valence-electron chi connectivity index (χ3n) is 6.79. The summed E-state index contributed by atoms with van der Waals surface area (Å²) in [5.41, 5.74) is 3.46. The number of benzene rings is 1.